The molecule has 5 heteroatoms. The maximum absolute atomic E-state index is 13.4. The van der Waals surface area contributed by atoms with E-state index in [1.165, 1.54) is 6.07 Å². The van der Waals surface area contributed by atoms with Gasteiger partial charge in [0.25, 0.3) is 0 Å². The van der Waals surface area contributed by atoms with Crippen molar-refractivity contribution in [1.29, 1.82) is 0 Å². The van der Waals surface area contributed by atoms with Crippen molar-refractivity contribution in [3.8, 4) is 0 Å². The summed E-state index contributed by atoms with van der Waals surface area (Å²) in [7, 11) is 2.10. The summed E-state index contributed by atoms with van der Waals surface area (Å²) >= 11 is 0. The molecule has 0 radical (unpaired) electrons. The molecule has 0 bridgehead atoms. The molecule has 0 spiro atoms. The average molecular weight is 282 g/mol. The number of β-amino-alcohol motifs (C(OH)–C–C–N with tert-alkyl or cyclic N) is 1. The summed E-state index contributed by atoms with van der Waals surface area (Å²) < 4.78 is 18.8. The summed E-state index contributed by atoms with van der Waals surface area (Å²) in [5, 5.41) is 9.94. The van der Waals surface area contributed by atoms with E-state index in [4.69, 9.17) is 4.74 Å². The zero-order valence-electron chi connectivity index (χ0n) is 12.0. The first-order chi connectivity index (χ1) is 9.65. The lowest BCUT2D eigenvalue weighted by Crippen LogP contribution is -2.47. The van der Waals surface area contributed by atoms with Crippen molar-refractivity contribution in [2.45, 2.75) is 12.7 Å². The van der Waals surface area contributed by atoms with Crippen molar-refractivity contribution < 1.29 is 14.2 Å². The van der Waals surface area contributed by atoms with E-state index in [2.05, 4.69) is 16.8 Å². The van der Waals surface area contributed by atoms with Gasteiger partial charge in [0.1, 0.15) is 5.82 Å². The van der Waals surface area contributed by atoms with Gasteiger partial charge in [0.05, 0.1) is 19.3 Å². The van der Waals surface area contributed by atoms with Gasteiger partial charge >= 0.3 is 0 Å². The molecule has 2 rings (SSSR count). The number of aliphatic hydroxyl groups excluding tert-OH is 1. The molecule has 1 N–H and O–H groups in total. The minimum absolute atomic E-state index is 0.201. The van der Waals surface area contributed by atoms with Crippen LogP contribution in [0.1, 0.15) is 5.56 Å². The number of ether oxygens (including phenoxy) is 1. The molecule has 1 saturated heterocycles. The Bertz CT molecular complexity index is 409. The van der Waals surface area contributed by atoms with Gasteiger partial charge in [0.15, 0.2) is 0 Å². The zero-order chi connectivity index (χ0) is 14.4. The van der Waals surface area contributed by atoms with Gasteiger partial charge in [-0.3, -0.25) is 4.90 Å². The Kier molecular flexibility index (Phi) is 5.91. The van der Waals surface area contributed by atoms with Gasteiger partial charge in [-0.15, -0.1) is 0 Å². The lowest BCUT2D eigenvalue weighted by atomic mass is 10.2. The zero-order valence-corrected chi connectivity index (χ0v) is 12.0. The van der Waals surface area contributed by atoms with Crippen LogP contribution in [0.15, 0.2) is 24.3 Å². The molecular formula is C15H23FN2O2. The van der Waals surface area contributed by atoms with Crippen LogP contribution in [-0.4, -0.2) is 67.4 Å². The number of aliphatic hydroxyl groups is 1. The summed E-state index contributed by atoms with van der Waals surface area (Å²) in [6.45, 7) is 5.06. The number of hydrogen-bond donors (Lipinski definition) is 1. The second-order valence-corrected chi connectivity index (χ2v) is 5.36. The second kappa shape index (κ2) is 7.69. The second-order valence-electron chi connectivity index (χ2n) is 5.36. The lowest BCUT2D eigenvalue weighted by Gasteiger charge is -2.33. The molecule has 0 amide bonds. The summed E-state index contributed by atoms with van der Waals surface area (Å²) in [6, 6.07) is 6.55. The third kappa shape index (κ3) is 4.83. The number of likely N-dealkylation sites (N-methyl/N-ethyl adjacent to an activating group) is 1. The predicted molar refractivity (Wildman–Crippen MR) is 76.0 cm³/mol. The summed E-state index contributed by atoms with van der Waals surface area (Å²) in [5.41, 5.74) is 0.527. The van der Waals surface area contributed by atoms with E-state index in [0.29, 0.717) is 12.1 Å². The van der Waals surface area contributed by atoms with Crippen LogP contribution in [0.2, 0.25) is 0 Å². The number of nitrogens with zero attached hydrogens (tertiary/aromatic N) is 2. The first kappa shape index (κ1) is 15.4. The molecule has 1 fully saturated rings. The minimum Gasteiger partial charge on any atom is -0.389 e. The molecular weight excluding hydrogens is 259 g/mol. The number of hydrogen-bond acceptors (Lipinski definition) is 4. The highest BCUT2D eigenvalue weighted by atomic mass is 19.1. The number of halogens is 1. The van der Waals surface area contributed by atoms with Crippen molar-refractivity contribution in [2.24, 2.45) is 0 Å². The smallest absolute Gasteiger partial charge is 0.128 e. The Morgan fingerprint density at radius 1 is 1.25 bits per heavy atom. The molecule has 0 saturated carbocycles. The number of benzene rings is 1. The van der Waals surface area contributed by atoms with Crippen LogP contribution in [0.3, 0.4) is 0 Å². The normalized spacial score (nSPS) is 19.1. The van der Waals surface area contributed by atoms with Crippen LogP contribution < -0.4 is 0 Å². The van der Waals surface area contributed by atoms with Gasteiger partial charge in [-0.25, -0.2) is 4.39 Å². The minimum atomic E-state index is -0.523. The Hall–Kier alpha value is -1.01. The molecule has 20 heavy (non-hydrogen) atoms. The van der Waals surface area contributed by atoms with Gasteiger partial charge in [0.2, 0.25) is 0 Å². The van der Waals surface area contributed by atoms with Gasteiger partial charge in [0, 0.05) is 38.3 Å². The van der Waals surface area contributed by atoms with Gasteiger partial charge in [-0.05, 0) is 13.1 Å². The standard InChI is InChI=1S/C15H23FN2O2/c1-17-6-8-18(9-7-17)10-14(19)12-20-11-13-4-2-3-5-15(13)16/h2-5,14,19H,6-12H2,1H3/t14-/m0/s1. The average Bonchev–Trinajstić information content (AvgIpc) is 2.43. The molecule has 1 aromatic carbocycles. The fraction of sp³-hybridized carbons (Fsp3) is 0.600. The Morgan fingerprint density at radius 2 is 1.95 bits per heavy atom. The van der Waals surface area contributed by atoms with Crippen LogP contribution in [0.5, 0.6) is 0 Å². The van der Waals surface area contributed by atoms with Crippen LogP contribution in [-0.2, 0) is 11.3 Å². The first-order valence-corrected chi connectivity index (χ1v) is 7.05. The molecule has 1 aromatic rings. The van der Waals surface area contributed by atoms with Crippen LogP contribution in [0, 0.1) is 5.82 Å². The Labute approximate surface area is 119 Å². The topological polar surface area (TPSA) is 35.9 Å². The highest BCUT2D eigenvalue weighted by Crippen LogP contribution is 2.08. The SMILES string of the molecule is CN1CCN(C[C@H](O)COCc2ccccc2F)CC1. The fourth-order valence-corrected chi connectivity index (χ4v) is 2.30. The van der Waals surface area contributed by atoms with Crippen molar-refractivity contribution in [1.82, 2.24) is 9.80 Å². The third-order valence-corrected chi connectivity index (χ3v) is 3.59. The largest absolute Gasteiger partial charge is 0.389 e. The highest BCUT2D eigenvalue weighted by molar-refractivity contribution is 5.16. The van der Waals surface area contributed by atoms with Gasteiger partial charge < -0.3 is 14.7 Å². The molecule has 4 nitrogen and oxygen atoms in total. The maximum atomic E-state index is 13.4. The molecule has 1 heterocycles. The lowest BCUT2D eigenvalue weighted by molar-refractivity contribution is 0.00231. The summed E-state index contributed by atoms with van der Waals surface area (Å²) in [5.74, 6) is -0.263. The fourth-order valence-electron chi connectivity index (χ4n) is 2.30. The van der Waals surface area contributed by atoms with E-state index in [0.717, 1.165) is 26.2 Å². The van der Waals surface area contributed by atoms with E-state index in [1.807, 2.05) is 0 Å². The molecule has 1 aliphatic heterocycles. The molecule has 112 valence electrons. The van der Waals surface area contributed by atoms with Crippen molar-refractivity contribution in [2.75, 3.05) is 46.4 Å². The van der Waals surface area contributed by atoms with Crippen LogP contribution in [0.4, 0.5) is 4.39 Å². The summed E-state index contributed by atoms with van der Waals surface area (Å²) in [4.78, 5) is 4.51. The molecule has 1 atom stereocenters. The number of rotatable bonds is 6. The van der Waals surface area contributed by atoms with Crippen LogP contribution >= 0.6 is 0 Å². The molecule has 0 unspecified atom stereocenters. The Balaban J connectivity index is 1.65. The van der Waals surface area contributed by atoms with Crippen molar-refractivity contribution in [3.05, 3.63) is 35.6 Å². The van der Waals surface area contributed by atoms with Gasteiger partial charge in [-0.1, -0.05) is 18.2 Å². The molecule has 0 aromatic heterocycles. The van der Waals surface area contributed by atoms with E-state index < -0.39 is 6.10 Å². The first-order valence-electron chi connectivity index (χ1n) is 7.05. The molecule has 0 aliphatic carbocycles. The van der Waals surface area contributed by atoms with Crippen molar-refractivity contribution >= 4 is 0 Å². The van der Waals surface area contributed by atoms with E-state index >= 15 is 0 Å². The maximum Gasteiger partial charge on any atom is 0.128 e. The van der Waals surface area contributed by atoms with Crippen LogP contribution in [0.25, 0.3) is 0 Å². The monoisotopic (exact) mass is 282 g/mol. The highest BCUT2D eigenvalue weighted by Gasteiger charge is 2.17. The Morgan fingerprint density at radius 3 is 2.65 bits per heavy atom. The third-order valence-electron chi connectivity index (χ3n) is 3.59. The van der Waals surface area contributed by atoms with E-state index in [1.54, 1.807) is 18.2 Å². The predicted octanol–water partition coefficient (Wildman–Crippen LogP) is 0.951. The van der Waals surface area contributed by atoms with Gasteiger partial charge in [-0.2, -0.15) is 0 Å². The quantitative estimate of drug-likeness (QED) is 0.843. The summed E-state index contributed by atoms with van der Waals surface area (Å²) in [6.07, 6.45) is -0.523. The number of piperazine rings is 1. The molecule has 1 aliphatic rings. The van der Waals surface area contributed by atoms with Crippen molar-refractivity contribution in [3.63, 3.8) is 0 Å². The van der Waals surface area contributed by atoms with E-state index in [-0.39, 0.29) is 19.0 Å². The van der Waals surface area contributed by atoms with E-state index in [9.17, 15) is 9.50 Å².